The zero-order valence-corrected chi connectivity index (χ0v) is 13.1. The van der Waals surface area contributed by atoms with Crippen LogP contribution in [-0.4, -0.2) is 13.6 Å². The van der Waals surface area contributed by atoms with Gasteiger partial charge in [0.15, 0.2) is 0 Å². The van der Waals surface area contributed by atoms with Gasteiger partial charge in [0.25, 0.3) is 0 Å². The second-order valence-corrected chi connectivity index (χ2v) is 6.23. The van der Waals surface area contributed by atoms with Crippen LogP contribution in [0.3, 0.4) is 0 Å². The first-order valence-electron chi connectivity index (χ1n) is 7.71. The van der Waals surface area contributed by atoms with E-state index in [-0.39, 0.29) is 5.41 Å². The van der Waals surface area contributed by atoms with Crippen molar-refractivity contribution in [1.29, 1.82) is 0 Å². The average Bonchev–Trinajstić information content (AvgIpc) is 2.51. The summed E-state index contributed by atoms with van der Waals surface area (Å²) in [5, 5.41) is 3.23. The Bertz CT molecular complexity index is 628. The maximum absolute atomic E-state index is 3.23. The highest BCUT2D eigenvalue weighted by molar-refractivity contribution is 5.87. The molecule has 1 nitrogen and oxygen atoms in total. The first-order chi connectivity index (χ1) is 10.2. The molecule has 1 heteroatoms. The van der Waals surface area contributed by atoms with Crippen molar-refractivity contribution in [2.75, 3.05) is 13.6 Å². The smallest absolute Gasteiger partial charge is 0.0158 e. The largest absolute Gasteiger partial charge is 0.319 e. The molecule has 1 N–H and O–H groups in total. The van der Waals surface area contributed by atoms with Crippen LogP contribution in [0.15, 0.2) is 54.6 Å². The summed E-state index contributed by atoms with van der Waals surface area (Å²) in [4.78, 5) is 0. The lowest BCUT2D eigenvalue weighted by molar-refractivity contribution is 0.630. The molecule has 2 aromatic carbocycles. The van der Waals surface area contributed by atoms with Crippen molar-refractivity contribution < 1.29 is 0 Å². The second kappa shape index (κ2) is 5.50. The summed E-state index contributed by atoms with van der Waals surface area (Å²) in [7, 11) is 2.00. The Kier molecular flexibility index (Phi) is 3.69. The molecule has 0 unspecified atom stereocenters. The van der Waals surface area contributed by atoms with Crippen molar-refractivity contribution in [3.05, 3.63) is 76.9 Å². The van der Waals surface area contributed by atoms with E-state index in [0.717, 1.165) is 13.0 Å². The van der Waals surface area contributed by atoms with Gasteiger partial charge in [-0.2, -0.15) is 0 Å². The molecule has 0 saturated carbocycles. The van der Waals surface area contributed by atoms with Gasteiger partial charge in [-0.3, -0.25) is 0 Å². The van der Waals surface area contributed by atoms with Crippen LogP contribution in [0.1, 0.15) is 42.5 Å². The zero-order chi connectivity index (χ0) is 14.9. The lowest BCUT2D eigenvalue weighted by Crippen LogP contribution is -2.26. The Morgan fingerprint density at radius 2 is 1.43 bits per heavy atom. The molecule has 0 aliphatic heterocycles. The topological polar surface area (TPSA) is 12.0 Å². The molecule has 0 bridgehead atoms. The Morgan fingerprint density at radius 3 is 1.95 bits per heavy atom. The summed E-state index contributed by atoms with van der Waals surface area (Å²) in [6.45, 7) is 5.67. The molecular formula is C20H23N. The molecule has 0 atom stereocenters. The van der Waals surface area contributed by atoms with Crippen LogP contribution >= 0.6 is 0 Å². The molecule has 3 rings (SSSR count). The summed E-state index contributed by atoms with van der Waals surface area (Å²) in [5.41, 5.74) is 7.08. The molecule has 0 spiro atoms. The third kappa shape index (κ3) is 2.32. The minimum Gasteiger partial charge on any atom is -0.319 e. The van der Waals surface area contributed by atoms with Crippen LogP contribution in [0.4, 0.5) is 0 Å². The van der Waals surface area contributed by atoms with E-state index in [2.05, 4.69) is 73.8 Å². The maximum Gasteiger partial charge on any atom is 0.0158 e. The zero-order valence-electron chi connectivity index (χ0n) is 13.1. The first kappa shape index (κ1) is 14.1. The molecule has 0 heterocycles. The monoisotopic (exact) mass is 277 g/mol. The second-order valence-electron chi connectivity index (χ2n) is 6.23. The van der Waals surface area contributed by atoms with Crippen molar-refractivity contribution in [3.63, 3.8) is 0 Å². The molecular weight excluding hydrogens is 254 g/mol. The van der Waals surface area contributed by atoms with Gasteiger partial charge in [0, 0.05) is 5.41 Å². The van der Waals surface area contributed by atoms with Crippen LogP contribution in [-0.2, 0) is 5.41 Å². The van der Waals surface area contributed by atoms with Gasteiger partial charge >= 0.3 is 0 Å². The highest BCUT2D eigenvalue weighted by Gasteiger charge is 2.33. The van der Waals surface area contributed by atoms with E-state index in [1.165, 1.54) is 27.8 Å². The number of fused-ring (bicyclic) bond motifs is 2. The highest BCUT2D eigenvalue weighted by Crippen LogP contribution is 2.46. The molecule has 0 aromatic heterocycles. The summed E-state index contributed by atoms with van der Waals surface area (Å²) in [6.07, 6.45) is 3.43. The van der Waals surface area contributed by atoms with Crippen molar-refractivity contribution in [3.8, 4) is 0 Å². The van der Waals surface area contributed by atoms with E-state index in [4.69, 9.17) is 0 Å². The van der Waals surface area contributed by atoms with E-state index in [9.17, 15) is 0 Å². The SMILES string of the molecule is CNCCC=C1c2ccccc2C(C)(C)c2ccccc21. The van der Waals surface area contributed by atoms with Crippen LogP contribution in [0.2, 0.25) is 0 Å². The molecule has 1 aliphatic rings. The molecule has 2 aromatic rings. The predicted molar refractivity (Wildman–Crippen MR) is 90.6 cm³/mol. The van der Waals surface area contributed by atoms with Gasteiger partial charge in [-0.25, -0.2) is 0 Å². The van der Waals surface area contributed by atoms with Crippen LogP contribution in [0.5, 0.6) is 0 Å². The molecule has 1 aliphatic carbocycles. The van der Waals surface area contributed by atoms with Gasteiger partial charge in [-0.1, -0.05) is 68.5 Å². The third-order valence-electron chi connectivity index (χ3n) is 4.52. The summed E-state index contributed by atoms with van der Waals surface area (Å²) in [5.74, 6) is 0. The molecule has 21 heavy (non-hydrogen) atoms. The fraction of sp³-hybridized carbons (Fsp3) is 0.300. The molecule has 0 fully saturated rings. The number of hydrogen-bond acceptors (Lipinski definition) is 1. The quantitative estimate of drug-likeness (QED) is 0.822. The molecule has 0 radical (unpaired) electrons. The Balaban J connectivity index is 2.21. The van der Waals surface area contributed by atoms with Gasteiger partial charge in [0.05, 0.1) is 0 Å². The lowest BCUT2D eigenvalue weighted by atomic mass is 9.67. The lowest BCUT2D eigenvalue weighted by Gasteiger charge is -2.36. The van der Waals surface area contributed by atoms with Gasteiger partial charge in [-0.05, 0) is 47.8 Å². The standard InChI is InChI=1S/C20H23N/c1-20(2)18-12-6-4-9-16(18)15(11-8-14-21-3)17-10-5-7-13-19(17)20/h4-7,9-13,21H,8,14H2,1-3H3. The molecule has 0 saturated heterocycles. The van der Waals surface area contributed by atoms with Gasteiger partial charge in [-0.15, -0.1) is 0 Å². The number of benzene rings is 2. The minimum atomic E-state index is 0.0630. The minimum absolute atomic E-state index is 0.0630. The Labute approximate surface area is 127 Å². The first-order valence-corrected chi connectivity index (χ1v) is 7.71. The molecule has 0 amide bonds. The van der Waals surface area contributed by atoms with Crippen molar-refractivity contribution >= 4 is 5.57 Å². The average molecular weight is 277 g/mol. The van der Waals surface area contributed by atoms with E-state index in [0.29, 0.717) is 0 Å². The number of rotatable bonds is 3. The van der Waals surface area contributed by atoms with Crippen molar-refractivity contribution in [2.24, 2.45) is 0 Å². The highest BCUT2D eigenvalue weighted by atomic mass is 14.8. The summed E-state index contributed by atoms with van der Waals surface area (Å²) < 4.78 is 0. The van der Waals surface area contributed by atoms with Gasteiger partial charge in [0.1, 0.15) is 0 Å². The van der Waals surface area contributed by atoms with Gasteiger partial charge in [0.2, 0.25) is 0 Å². The third-order valence-corrected chi connectivity index (χ3v) is 4.52. The number of hydrogen-bond donors (Lipinski definition) is 1. The van der Waals surface area contributed by atoms with Crippen LogP contribution in [0.25, 0.3) is 5.57 Å². The van der Waals surface area contributed by atoms with Crippen LogP contribution in [0, 0.1) is 0 Å². The summed E-state index contributed by atoms with van der Waals surface area (Å²) in [6, 6.07) is 17.7. The predicted octanol–water partition coefficient (Wildman–Crippen LogP) is 4.37. The van der Waals surface area contributed by atoms with E-state index < -0.39 is 0 Å². The van der Waals surface area contributed by atoms with Crippen molar-refractivity contribution in [1.82, 2.24) is 5.32 Å². The van der Waals surface area contributed by atoms with Gasteiger partial charge < -0.3 is 5.32 Å². The molecule has 108 valence electrons. The fourth-order valence-electron chi connectivity index (χ4n) is 3.40. The number of nitrogens with one attached hydrogen (secondary N) is 1. The Hall–Kier alpha value is -1.86. The van der Waals surface area contributed by atoms with Crippen LogP contribution < -0.4 is 5.32 Å². The summed E-state index contributed by atoms with van der Waals surface area (Å²) >= 11 is 0. The van der Waals surface area contributed by atoms with E-state index >= 15 is 0 Å². The van der Waals surface area contributed by atoms with E-state index in [1.807, 2.05) is 7.05 Å². The van der Waals surface area contributed by atoms with E-state index in [1.54, 1.807) is 0 Å². The Morgan fingerprint density at radius 1 is 0.905 bits per heavy atom. The van der Waals surface area contributed by atoms with Crippen molar-refractivity contribution in [2.45, 2.75) is 25.7 Å². The maximum atomic E-state index is 3.23. The normalized spacial score (nSPS) is 15.3. The fourth-order valence-corrected chi connectivity index (χ4v) is 3.40.